The molecular weight excluding hydrogens is 1900 g/mol. The number of rotatable bonds is 25. The van der Waals surface area contributed by atoms with Crippen LogP contribution in [0.15, 0.2) is 172 Å². The minimum absolute atomic E-state index is 0.00277. The van der Waals surface area contributed by atoms with Gasteiger partial charge in [-0.2, -0.15) is 74.6 Å². The Bertz CT molecular complexity index is 5270. The third-order valence-corrected chi connectivity index (χ3v) is 21.3. The Kier molecular flexibility index (Phi) is 29.1. The van der Waals surface area contributed by atoms with E-state index in [0.717, 1.165) is 73.2 Å². The summed E-state index contributed by atoms with van der Waals surface area (Å²) in [6, 6.07) is 20.9. The van der Waals surface area contributed by atoms with Crippen LogP contribution in [0.5, 0.6) is 11.5 Å². The maximum absolute atomic E-state index is 15.8. The number of anilines is 6. The summed E-state index contributed by atoms with van der Waals surface area (Å²) in [7, 11) is 0. The van der Waals surface area contributed by atoms with Gasteiger partial charge in [-0.3, -0.25) is 38.7 Å². The lowest BCUT2D eigenvalue weighted by molar-refractivity contribution is -0.229. The Labute approximate surface area is 712 Å². The summed E-state index contributed by atoms with van der Waals surface area (Å²) in [6.45, 7) is -6.35. The number of nitrogens with one attached hydrogen (secondary N) is 3. The molecule has 3 aromatic heterocycles. The first-order valence-corrected chi connectivity index (χ1v) is 38.6. The van der Waals surface area contributed by atoms with E-state index in [1.165, 1.54) is 89.2 Å². The summed E-state index contributed by atoms with van der Waals surface area (Å²) in [6.07, 6.45) is -10.4. The van der Waals surface area contributed by atoms with E-state index >= 15 is 13.2 Å². The van der Waals surface area contributed by atoms with E-state index in [4.69, 9.17) is 0 Å². The van der Waals surface area contributed by atoms with Gasteiger partial charge in [-0.15, -0.1) is 0 Å². The van der Waals surface area contributed by atoms with Crippen LogP contribution in [0.4, 0.5) is 135 Å². The summed E-state index contributed by atoms with van der Waals surface area (Å²) >= 11 is 8.38. The van der Waals surface area contributed by atoms with Crippen molar-refractivity contribution in [1.82, 2.24) is 15.0 Å². The average Bonchev–Trinajstić information content (AvgIpc) is 1.70. The van der Waals surface area contributed by atoms with Gasteiger partial charge in [-0.1, -0.05) is 18.2 Å². The zero-order chi connectivity index (χ0) is 91.4. The Morgan fingerprint density at radius 2 is 0.750 bits per heavy atom. The summed E-state index contributed by atoms with van der Waals surface area (Å²) in [5.74, 6) is -12.0. The number of hydrogen-bond acceptors (Lipinski definition) is 11. The number of pyridine rings is 3. The molecule has 3 atom stereocenters. The summed E-state index contributed by atoms with van der Waals surface area (Å²) in [5, 5.41) is 6.11. The Morgan fingerprint density at radius 3 is 1.08 bits per heavy atom. The van der Waals surface area contributed by atoms with Crippen molar-refractivity contribution in [3.63, 3.8) is 0 Å². The molecule has 3 aliphatic rings. The largest absolute Gasteiger partial charge is 0.433 e. The number of ether oxygens (including phenoxy) is 2. The molecule has 3 fully saturated rings. The normalized spacial score (nSPS) is 15.0. The van der Waals surface area contributed by atoms with Gasteiger partial charge in [-0.05, 0) is 234 Å². The molecule has 0 aliphatic heterocycles. The molecule has 3 N–H and O–H groups in total. The maximum Gasteiger partial charge on any atom is 0.426 e. The minimum atomic E-state index is -5.56. The molecule has 124 heavy (non-hydrogen) atoms. The number of aromatic nitrogens is 3. The summed E-state index contributed by atoms with van der Waals surface area (Å²) < 4.78 is 325. The van der Waals surface area contributed by atoms with Crippen LogP contribution in [-0.2, 0) is 23.2 Å². The van der Waals surface area contributed by atoms with Gasteiger partial charge < -0.3 is 40.1 Å². The van der Waals surface area contributed by atoms with Crippen molar-refractivity contribution in [3.8, 4) is 11.5 Å². The molecule has 3 heterocycles. The number of amides is 6. The number of benzene rings is 6. The zero-order valence-electron chi connectivity index (χ0n) is 63.5. The smallest absolute Gasteiger partial charge is 0.426 e. The van der Waals surface area contributed by atoms with Crippen LogP contribution < -0.4 is 40.1 Å². The lowest BCUT2D eigenvalue weighted by Crippen LogP contribution is -2.35. The maximum atomic E-state index is 15.8. The van der Waals surface area contributed by atoms with Crippen molar-refractivity contribution in [1.29, 1.82) is 0 Å². The molecule has 0 radical (unpaired) electrons. The Hall–Kier alpha value is -11.0. The highest BCUT2D eigenvalue weighted by Gasteiger charge is 2.57. The van der Waals surface area contributed by atoms with E-state index in [9.17, 15) is 117 Å². The van der Waals surface area contributed by atoms with Crippen LogP contribution in [0.1, 0.15) is 144 Å². The fraction of sp³-hybridized carbons (Fsp3) is 0.296. The van der Waals surface area contributed by atoms with Crippen LogP contribution in [0.25, 0.3) is 0 Å². The van der Waals surface area contributed by atoms with Gasteiger partial charge in [0.2, 0.25) is 23.0 Å². The van der Waals surface area contributed by atoms with Crippen LogP contribution in [0, 0.1) is 41.2 Å². The van der Waals surface area contributed by atoms with Crippen LogP contribution >= 0.6 is 47.8 Å². The van der Waals surface area contributed by atoms with Crippen molar-refractivity contribution >= 4 is 117 Å². The molecule has 43 heteroatoms. The second-order valence-corrected chi connectivity index (χ2v) is 31.1. The molecule has 0 spiro atoms. The van der Waals surface area contributed by atoms with E-state index in [1.807, 2.05) is 5.32 Å². The van der Waals surface area contributed by atoms with Gasteiger partial charge in [0.15, 0.2) is 29.0 Å². The zero-order valence-corrected chi connectivity index (χ0v) is 68.3. The van der Waals surface area contributed by atoms with Crippen molar-refractivity contribution < 1.29 is 139 Å². The molecule has 0 saturated heterocycles. The Morgan fingerprint density at radius 1 is 0.411 bits per heavy atom. The monoisotopic (exact) mass is 1960 g/mol. The highest BCUT2D eigenvalue weighted by Crippen LogP contribution is 2.52. The first-order chi connectivity index (χ1) is 57.8. The number of alkyl halides is 19. The molecule has 12 rings (SSSR count). The SMILES string of the molecule is CC(F)(c1cc(Br)c(NC(=O)c2cccc(N(CC3CC3)C(=O)c3cccnc3)c2F)c(OC(F)F)c1)C(F)(F)F.CC(F)(c1cc(Br)c(NC(=O)c2cccc(N(CC3CC3)C(=O)c3ccnc(F)c3)c2F)c(C(F)(F)F)c1)C(F)(F)F.CC(F)(c1cc(Br)c(NC(=O)c2cccc(N(CC3CC3)C(=O)c3ccncc3)c2F)c(OC(F)F)c1)C(F)(F)F. The lowest BCUT2D eigenvalue weighted by Gasteiger charge is -2.26. The fourth-order valence-electron chi connectivity index (χ4n) is 11.8. The first-order valence-electron chi connectivity index (χ1n) is 36.2. The van der Waals surface area contributed by atoms with Crippen LogP contribution in [-0.4, -0.2) is 102 Å². The van der Waals surface area contributed by atoms with Gasteiger partial charge in [0, 0.05) is 92.4 Å². The molecule has 17 nitrogen and oxygen atoms in total. The standard InChI is InChI=1S/C27H19BrF9N3O2.2C27H21BrF7N3O3/c1-25(31,27(35,36)37)15-10-17(26(32,33)34)22(18(28)11-15)39-23(41)16-3-2-4-19(21(16)30)40(12-13-5-6-13)24(42)14-7-8-38-20(29)9-14;1-26(32,27(33,34)35)16-10-18(28)22(20(11-16)41-25(30)31)37-23(39)17-5-2-6-19(21(17)29)38(13-14-7-8-14)24(40)15-4-3-9-36-12-15;1-26(32,27(33,34)35)16-11-18(28)22(20(12-16)41-25(30)31)37-23(39)17-3-2-4-19(21(17)29)38(13-14-5-6-14)24(40)15-7-9-36-10-8-15/h2-4,7-11,13H,5-6,12H2,1H3,(H,39,41);2-6,9-12,14,25H,7-8,13H2,1H3,(H,37,39);2-4,7-12,14,25H,5-6,13H2,1H3,(H,37,39). The Balaban J connectivity index is 0.000000195. The van der Waals surface area contributed by atoms with E-state index in [0.29, 0.717) is 43.2 Å². The molecular formula is C81H61Br3F23N9O8. The topological polar surface area (TPSA) is 205 Å². The first kappa shape index (κ1) is 95.3. The molecule has 3 saturated carbocycles. The van der Waals surface area contributed by atoms with E-state index in [1.54, 1.807) is 0 Å². The van der Waals surface area contributed by atoms with Crippen LogP contribution in [0.2, 0.25) is 0 Å². The van der Waals surface area contributed by atoms with Gasteiger partial charge >= 0.3 is 37.9 Å². The van der Waals surface area contributed by atoms with Gasteiger partial charge in [0.05, 0.1) is 61.9 Å². The van der Waals surface area contributed by atoms with Gasteiger partial charge in [0.25, 0.3) is 35.4 Å². The quantitative estimate of drug-likeness (QED) is 0.0362. The van der Waals surface area contributed by atoms with Crippen molar-refractivity contribution in [2.45, 2.75) is 114 Å². The number of hydrogen-bond donors (Lipinski definition) is 3. The van der Waals surface area contributed by atoms with E-state index in [2.05, 4.69) is 82.8 Å². The predicted octanol–water partition coefficient (Wildman–Crippen LogP) is 23.5. The third kappa shape index (κ3) is 22.4. The summed E-state index contributed by atoms with van der Waals surface area (Å²) in [4.78, 5) is 93.4. The average molecular weight is 1970 g/mol. The van der Waals surface area contributed by atoms with Gasteiger partial charge in [0.1, 0.15) is 0 Å². The van der Waals surface area contributed by atoms with Crippen molar-refractivity contribution in [2.75, 3.05) is 50.3 Å². The molecule has 0 bridgehead atoms. The summed E-state index contributed by atoms with van der Waals surface area (Å²) in [5.41, 5.74) is -22.4. The van der Waals surface area contributed by atoms with Gasteiger partial charge in [-0.25, -0.2) is 31.3 Å². The third-order valence-electron chi connectivity index (χ3n) is 19.4. The lowest BCUT2D eigenvalue weighted by atomic mass is 9.94. The second-order valence-electron chi connectivity index (χ2n) is 28.5. The number of carbonyl (C=O) groups is 6. The highest BCUT2D eigenvalue weighted by atomic mass is 79.9. The molecule has 6 aromatic carbocycles. The molecule has 3 aliphatic carbocycles. The number of nitrogens with zero attached hydrogens (tertiary/aromatic N) is 6. The predicted molar refractivity (Wildman–Crippen MR) is 413 cm³/mol. The second kappa shape index (κ2) is 37.8. The van der Waals surface area contributed by atoms with E-state index < -0.39 is 200 Å². The molecule has 9 aromatic rings. The fourth-order valence-corrected chi connectivity index (χ4v) is 13.5. The van der Waals surface area contributed by atoms with Crippen molar-refractivity contribution in [3.05, 3.63) is 251 Å². The molecule has 6 amide bonds. The number of halogens is 26. The molecule has 3 unspecified atom stereocenters. The minimum Gasteiger partial charge on any atom is -0.433 e. The highest BCUT2D eigenvalue weighted by molar-refractivity contribution is 9.11. The van der Waals surface area contributed by atoms with Crippen molar-refractivity contribution in [2.24, 2.45) is 17.8 Å². The number of carbonyl (C=O) groups excluding carboxylic acids is 6. The van der Waals surface area contributed by atoms with Crippen LogP contribution in [0.3, 0.4) is 0 Å². The van der Waals surface area contributed by atoms with E-state index in [-0.39, 0.29) is 92.3 Å². The molecule has 660 valence electrons.